The lowest BCUT2D eigenvalue weighted by Gasteiger charge is -2.28. The van der Waals surface area contributed by atoms with Crippen molar-refractivity contribution < 1.29 is 23.5 Å². The summed E-state index contributed by atoms with van der Waals surface area (Å²) in [6, 6.07) is 9.09. The highest BCUT2D eigenvalue weighted by molar-refractivity contribution is 5.70. The predicted molar refractivity (Wildman–Crippen MR) is 128 cm³/mol. The van der Waals surface area contributed by atoms with Gasteiger partial charge in [0.15, 0.2) is 0 Å². The average Bonchev–Trinajstić information content (AvgIpc) is 3.39. The molecular weight excluding hydrogens is 450 g/mol. The van der Waals surface area contributed by atoms with Gasteiger partial charge < -0.3 is 13.9 Å². The van der Waals surface area contributed by atoms with E-state index >= 15 is 0 Å². The molecule has 2 aromatic heterocycles. The number of ether oxygens (including phenoxy) is 2. The number of carbonyl (C=O) groups excluding carboxylic acids is 2. The van der Waals surface area contributed by atoms with Gasteiger partial charge in [0.25, 0.3) is 0 Å². The van der Waals surface area contributed by atoms with Crippen molar-refractivity contribution in [2.45, 2.75) is 71.6 Å². The van der Waals surface area contributed by atoms with Crippen molar-refractivity contribution in [3.63, 3.8) is 0 Å². The van der Waals surface area contributed by atoms with Crippen LogP contribution in [-0.2, 0) is 22.3 Å². The molecule has 0 aliphatic heterocycles. The summed E-state index contributed by atoms with van der Waals surface area (Å²) in [6.07, 6.45) is 2.53. The van der Waals surface area contributed by atoms with E-state index in [4.69, 9.17) is 13.9 Å². The molecule has 188 valence electrons. The van der Waals surface area contributed by atoms with Crippen LogP contribution in [0.5, 0.6) is 0 Å². The molecule has 0 fully saturated rings. The number of rotatable bonds is 6. The van der Waals surface area contributed by atoms with Gasteiger partial charge in [0, 0.05) is 19.7 Å². The lowest BCUT2D eigenvalue weighted by Crippen LogP contribution is -2.37. The SMILES string of the molecule is CN(C(=O)OC(C)(C)C)[C@@H](Cc1cn(C(=O)OC(C)(C)C)cn1)c1nnc(Cc2ccccc2)o1. The minimum Gasteiger partial charge on any atom is -0.444 e. The third kappa shape index (κ3) is 7.66. The molecule has 0 N–H and O–H groups in total. The molecule has 0 aliphatic carbocycles. The van der Waals surface area contributed by atoms with E-state index in [1.54, 1.807) is 54.8 Å². The van der Waals surface area contributed by atoms with Gasteiger partial charge >= 0.3 is 12.2 Å². The predicted octanol–water partition coefficient (Wildman–Crippen LogP) is 4.79. The summed E-state index contributed by atoms with van der Waals surface area (Å²) in [4.78, 5) is 30.9. The minimum atomic E-state index is -0.679. The van der Waals surface area contributed by atoms with Crippen molar-refractivity contribution in [1.29, 1.82) is 0 Å². The molecule has 0 radical (unpaired) electrons. The van der Waals surface area contributed by atoms with Crippen LogP contribution in [0, 0.1) is 0 Å². The van der Waals surface area contributed by atoms with Gasteiger partial charge in [0.2, 0.25) is 11.8 Å². The van der Waals surface area contributed by atoms with Crippen LogP contribution in [0.25, 0.3) is 0 Å². The number of likely N-dealkylation sites (N-methyl/N-ethyl adjacent to an activating group) is 1. The zero-order valence-electron chi connectivity index (χ0n) is 21.3. The Morgan fingerprint density at radius 3 is 2.31 bits per heavy atom. The molecule has 35 heavy (non-hydrogen) atoms. The fourth-order valence-electron chi connectivity index (χ4n) is 3.18. The van der Waals surface area contributed by atoms with Crippen molar-refractivity contribution >= 4 is 12.2 Å². The van der Waals surface area contributed by atoms with Crippen molar-refractivity contribution in [1.82, 2.24) is 24.6 Å². The third-order valence-electron chi connectivity index (χ3n) is 4.76. The van der Waals surface area contributed by atoms with Gasteiger partial charge in [-0.05, 0) is 47.1 Å². The highest BCUT2D eigenvalue weighted by Crippen LogP contribution is 2.25. The molecule has 10 heteroatoms. The fourth-order valence-corrected chi connectivity index (χ4v) is 3.18. The second-order valence-electron chi connectivity index (χ2n) is 10.3. The van der Waals surface area contributed by atoms with Gasteiger partial charge in [0.05, 0.1) is 12.1 Å². The largest absolute Gasteiger partial charge is 0.444 e. The van der Waals surface area contributed by atoms with E-state index in [0.717, 1.165) is 5.56 Å². The van der Waals surface area contributed by atoms with E-state index in [9.17, 15) is 9.59 Å². The monoisotopic (exact) mass is 483 g/mol. The van der Waals surface area contributed by atoms with Crippen LogP contribution < -0.4 is 0 Å². The summed E-state index contributed by atoms with van der Waals surface area (Å²) in [5.74, 6) is 0.671. The van der Waals surface area contributed by atoms with Gasteiger partial charge in [-0.3, -0.25) is 4.90 Å². The van der Waals surface area contributed by atoms with Crippen molar-refractivity contribution in [3.05, 3.63) is 65.9 Å². The van der Waals surface area contributed by atoms with Crippen LogP contribution in [0.3, 0.4) is 0 Å². The average molecular weight is 484 g/mol. The first-order valence-corrected chi connectivity index (χ1v) is 11.4. The number of amides is 1. The summed E-state index contributed by atoms with van der Waals surface area (Å²) in [5, 5.41) is 8.38. The molecule has 2 heterocycles. The van der Waals surface area contributed by atoms with Gasteiger partial charge in [-0.2, -0.15) is 0 Å². The number of nitrogens with zero attached hydrogens (tertiary/aromatic N) is 5. The van der Waals surface area contributed by atoms with E-state index in [0.29, 0.717) is 18.0 Å². The Hall–Kier alpha value is -3.69. The molecule has 1 atom stereocenters. The Kier molecular flexibility index (Phi) is 7.62. The first kappa shape index (κ1) is 25.9. The molecule has 1 amide bonds. The van der Waals surface area contributed by atoms with Crippen LogP contribution in [0.2, 0.25) is 0 Å². The number of hydrogen-bond acceptors (Lipinski definition) is 8. The molecule has 1 aromatic carbocycles. The van der Waals surface area contributed by atoms with Crippen LogP contribution in [0.1, 0.15) is 70.6 Å². The summed E-state index contributed by atoms with van der Waals surface area (Å²) >= 11 is 0. The van der Waals surface area contributed by atoms with E-state index in [1.807, 2.05) is 30.3 Å². The lowest BCUT2D eigenvalue weighted by molar-refractivity contribution is 0.0193. The summed E-state index contributed by atoms with van der Waals surface area (Å²) in [5.41, 5.74) is 0.247. The Balaban J connectivity index is 1.84. The smallest absolute Gasteiger partial charge is 0.419 e. The van der Waals surface area contributed by atoms with Crippen molar-refractivity contribution in [2.24, 2.45) is 0 Å². The van der Waals surface area contributed by atoms with Crippen molar-refractivity contribution in [3.8, 4) is 0 Å². The minimum absolute atomic E-state index is 0.221. The maximum absolute atomic E-state index is 12.8. The summed E-state index contributed by atoms with van der Waals surface area (Å²) in [6.45, 7) is 10.7. The Labute approximate surface area is 205 Å². The van der Waals surface area contributed by atoms with Crippen LogP contribution in [0.15, 0.2) is 47.3 Å². The summed E-state index contributed by atoms with van der Waals surface area (Å²) < 4.78 is 18.1. The molecule has 0 aliphatic rings. The van der Waals surface area contributed by atoms with Crippen LogP contribution in [0.4, 0.5) is 9.59 Å². The van der Waals surface area contributed by atoms with E-state index < -0.39 is 29.4 Å². The Morgan fingerprint density at radius 1 is 1.03 bits per heavy atom. The standard InChI is InChI=1S/C25H33N5O5/c1-24(2,3)34-22(31)29(7)19(14-18-15-30(16-26-18)23(32)35-25(4,5)6)21-28-27-20(33-21)13-17-11-9-8-10-12-17/h8-12,15-16,19H,13-14H2,1-7H3/t19-/m0/s1. The third-order valence-corrected chi connectivity index (χ3v) is 4.76. The topological polar surface area (TPSA) is 113 Å². The molecule has 3 rings (SSSR count). The van der Waals surface area contributed by atoms with Crippen LogP contribution >= 0.6 is 0 Å². The second kappa shape index (κ2) is 10.3. The van der Waals surface area contributed by atoms with E-state index in [-0.39, 0.29) is 12.3 Å². The molecular formula is C25H33N5O5. The molecule has 3 aromatic rings. The normalized spacial score (nSPS) is 12.8. The lowest BCUT2D eigenvalue weighted by atomic mass is 10.1. The number of hydrogen-bond donors (Lipinski definition) is 0. The maximum Gasteiger partial charge on any atom is 0.419 e. The van der Waals surface area contributed by atoms with E-state index in [1.165, 1.54) is 15.8 Å². The number of aromatic nitrogens is 4. The maximum atomic E-state index is 12.8. The highest BCUT2D eigenvalue weighted by Gasteiger charge is 2.31. The molecule has 0 saturated carbocycles. The second-order valence-corrected chi connectivity index (χ2v) is 10.3. The fraction of sp³-hybridized carbons (Fsp3) is 0.480. The zero-order valence-corrected chi connectivity index (χ0v) is 21.3. The summed E-state index contributed by atoms with van der Waals surface area (Å²) in [7, 11) is 1.60. The first-order valence-electron chi connectivity index (χ1n) is 11.4. The molecule has 0 saturated heterocycles. The van der Waals surface area contributed by atoms with Crippen molar-refractivity contribution in [2.75, 3.05) is 7.05 Å². The Bertz CT molecular complexity index is 1140. The van der Waals surface area contributed by atoms with E-state index in [2.05, 4.69) is 15.2 Å². The first-order chi connectivity index (χ1) is 16.3. The number of carbonyl (C=O) groups is 2. The van der Waals surface area contributed by atoms with Crippen LogP contribution in [-0.4, -0.2) is 55.1 Å². The van der Waals surface area contributed by atoms with Gasteiger partial charge in [-0.1, -0.05) is 30.3 Å². The molecule has 10 nitrogen and oxygen atoms in total. The van der Waals surface area contributed by atoms with Gasteiger partial charge in [-0.15, -0.1) is 10.2 Å². The van der Waals surface area contributed by atoms with Gasteiger partial charge in [-0.25, -0.2) is 19.1 Å². The Morgan fingerprint density at radius 2 is 1.69 bits per heavy atom. The zero-order chi connectivity index (χ0) is 25.8. The quantitative estimate of drug-likeness (QED) is 0.492. The highest BCUT2D eigenvalue weighted by atomic mass is 16.6. The molecule has 0 unspecified atom stereocenters. The number of benzene rings is 1. The molecule has 0 bridgehead atoms. The van der Waals surface area contributed by atoms with Gasteiger partial charge in [0.1, 0.15) is 23.6 Å². The number of imidazole rings is 1. The molecule has 0 spiro atoms.